The van der Waals surface area contributed by atoms with Gasteiger partial charge in [0.15, 0.2) is 5.78 Å². The van der Waals surface area contributed by atoms with Gasteiger partial charge in [-0.1, -0.05) is 18.2 Å². The standard InChI is InChI=1S/C17H19FN2O5/c18-10-14(21)13(9-16(23)24)19-15(22)8-11-6-7-20(17(11)25)12-4-2-1-3-5-12/h1-5,11,13H,6-10H2,(H,19,22)(H,23,24). The highest BCUT2D eigenvalue weighted by Gasteiger charge is 2.34. The summed E-state index contributed by atoms with van der Waals surface area (Å²) < 4.78 is 12.5. The van der Waals surface area contributed by atoms with Crippen molar-refractivity contribution in [1.82, 2.24) is 5.32 Å². The van der Waals surface area contributed by atoms with Crippen molar-refractivity contribution in [1.29, 1.82) is 0 Å². The molecule has 1 heterocycles. The van der Waals surface area contributed by atoms with Crippen molar-refractivity contribution < 1.29 is 28.7 Å². The van der Waals surface area contributed by atoms with Gasteiger partial charge in [-0.05, 0) is 18.6 Å². The number of nitrogens with zero attached hydrogens (tertiary/aromatic N) is 1. The second kappa shape index (κ2) is 8.36. The van der Waals surface area contributed by atoms with Crippen molar-refractivity contribution in [2.45, 2.75) is 25.3 Å². The van der Waals surface area contributed by atoms with Gasteiger partial charge in [-0.2, -0.15) is 0 Å². The maximum atomic E-state index is 12.5. The SMILES string of the molecule is O=C(O)CC(NC(=O)CC1CCN(c2ccccc2)C1=O)C(=O)CF. The molecule has 0 saturated carbocycles. The highest BCUT2D eigenvalue weighted by atomic mass is 19.1. The molecule has 1 aromatic rings. The lowest BCUT2D eigenvalue weighted by Gasteiger charge is -2.18. The zero-order chi connectivity index (χ0) is 18.4. The highest BCUT2D eigenvalue weighted by Crippen LogP contribution is 2.26. The number of hydrogen-bond acceptors (Lipinski definition) is 4. The van der Waals surface area contributed by atoms with E-state index in [0.717, 1.165) is 5.69 Å². The Morgan fingerprint density at radius 2 is 1.96 bits per heavy atom. The molecule has 0 aliphatic carbocycles. The van der Waals surface area contributed by atoms with Gasteiger partial charge in [-0.3, -0.25) is 19.2 Å². The Morgan fingerprint density at radius 3 is 2.56 bits per heavy atom. The number of carbonyl (C=O) groups is 4. The van der Waals surface area contributed by atoms with Crippen LogP contribution in [0.15, 0.2) is 30.3 Å². The molecule has 0 bridgehead atoms. The molecule has 1 saturated heterocycles. The van der Waals surface area contributed by atoms with Gasteiger partial charge in [0.1, 0.15) is 12.7 Å². The molecule has 134 valence electrons. The second-order valence-corrected chi connectivity index (χ2v) is 5.83. The maximum Gasteiger partial charge on any atom is 0.305 e. The average molecular weight is 350 g/mol. The van der Waals surface area contributed by atoms with E-state index in [-0.39, 0.29) is 12.3 Å². The number of aliphatic carboxylic acids is 1. The normalized spacial score (nSPS) is 18.0. The number of halogens is 1. The Labute approximate surface area is 143 Å². The number of hydrogen-bond donors (Lipinski definition) is 2. The number of Topliss-reactive ketones (excluding diaryl/α,β-unsaturated/α-hetero) is 1. The first-order chi connectivity index (χ1) is 11.9. The number of ketones is 1. The number of alkyl halides is 1. The summed E-state index contributed by atoms with van der Waals surface area (Å²) in [5.41, 5.74) is 0.742. The van der Waals surface area contributed by atoms with Gasteiger partial charge in [-0.15, -0.1) is 0 Å². The lowest BCUT2D eigenvalue weighted by Crippen LogP contribution is -2.44. The fourth-order valence-electron chi connectivity index (χ4n) is 2.78. The number of carbonyl (C=O) groups excluding carboxylic acids is 3. The molecule has 1 fully saturated rings. The Bertz CT molecular complexity index is 664. The van der Waals surface area contributed by atoms with Gasteiger partial charge < -0.3 is 15.3 Å². The van der Waals surface area contributed by atoms with Crippen LogP contribution in [-0.4, -0.2) is 47.9 Å². The minimum atomic E-state index is -1.42. The molecule has 1 aliphatic heterocycles. The minimum Gasteiger partial charge on any atom is -0.481 e. The van der Waals surface area contributed by atoms with Gasteiger partial charge >= 0.3 is 5.97 Å². The van der Waals surface area contributed by atoms with Gasteiger partial charge in [0.05, 0.1) is 6.42 Å². The summed E-state index contributed by atoms with van der Waals surface area (Å²) in [6.07, 6.45) is -0.386. The highest BCUT2D eigenvalue weighted by molar-refractivity contribution is 6.00. The third-order valence-corrected chi connectivity index (χ3v) is 4.05. The Balaban J connectivity index is 1.95. The Hall–Kier alpha value is -2.77. The van der Waals surface area contributed by atoms with Crippen molar-refractivity contribution >= 4 is 29.3 Å². The molecule has 2 atom stereocenters. The molecule has 1 aliphatic rings. The molecule has 0 radical (unpaired) electrons. The molecule has 2 rings (SSSR count). The van der Waals surface area contributed by atoms with E-state index in [1.165, 1.54) is 0 Å². The fraction of sp³-hybridized carbons (Fsp3) is 0.412. The Kier molecular flexibility index (Phi) is 6.21. The monoisotopic (exact) mass is 350 g/mol. The molecule has 25 heavy (non-hydrogen) atoms. The van der Waals surface area contributed by atoms with Crippen molar-refractivity contribution in [3.63, 3.8) is 0 Å². The first-order valence-electron chi connectivity index (χ1n) is 7.88. The second-order valence-electron chi connectivity index (χ2n) is 5.83. The van der Waals surface area contributed by atoms with E-state index in [4.69, 9.17) is 5.11 Å². The van der Waals surface area contributed by atoms with Gasteiger partial charge in [0, 0.05) is 24.6 Å². The lowest BCUT2D eigenvalue weighted by molar-refractivity contribution is -0.140. The van der Waals surface area contributed by atoms with E-state index in [1.54, 1.807) is 17.0 Å². The molecular formula is C17H19FN2O5. The third-order valence-electron chi connectivity index (χ3n) is 4.05. The number of rotatable bonds is 8. The molecule has 8 heteroatoms. The van der Waals surface area contributed by atoms with Crippen LogP contribution in [0.4, 0.5) is 10.1 Å². The van der Waals surface area contributed by atoms with Crippen molar-refractivity contribution in [2.75, 3.05) is 18.1 Å². The fourth-order valence-corrected chi connectivity index (χ4v) is 2.78. The number of benzene rings is 1. The molecule has 0 aromatic heterocycles. The zero-order valence-corrected chi connectivity index (χ0v) is 13.5. The zero-order valence-electron chi connectivity index (χ0n) is 13.5. The molecule has 2 amide bonds. The average Bonchev–Trinajstić information content (AvgIpc) is 2.94. The predicted molar refractivity (Wildman–Crippen MR) is 86.7 cm³/mol. The minimum absolute atomic E-state index is 0.169. The summed E-state index contributed by atoms with van der Waals surface area (Å²) in [6.45, 7) is -0.884. The Morgan fingerprint density at radius 1 is 1.28 bits per heavy atom. The van der Waals surface area contributed by atoms with Crippen LogP contribution in [0, 0.1) is 5.92 Å². The van der Waals surface area contributed by atoms with Gasteiger partial charge in [-0.25, -0.2) is 4.39 Å². The largest absolute Gasteiger partial charge is 0.481 e. The summed E-state index contributed by atoms with van der Waals surface area (Å²) in [7, 11) is 0. The van der Waals surface area contributed by atoms with Crippen LogP contribution in [0.25, 0.3) is 0 Å². The van der Waals surface area contributed by atoms with Crippen LogP contribution in [0.2, 0.25) is 0 Å². The maximum absolute atomic E-state index is 12.5. The molecule has 0 spiro atoms. The topological polar surface area (TPSA) is 104 Å². The summed E-state index contributed by atoms with van der Waals surface area (Å²) in [4.78, 5) is 48.2. The number of carboxylic acids is 1. The first kappa shape index (κ1) is 18.6. The number of amides is 2. The third kappa shape index (κ3) is 4.85. The van der Waals surface area contributed by atoms with Crippen molar-refractivity contribution in [2.24, 2.45) is 5.92 Å². The molecular weight excluding hydrogens is 331 g/mol. The van der Waals surface area contributed by atoms with Crippen LogP contribution < -0.4 is 10.2 Å². The van der Waals surface area contributed by atoms with Crippen LogP contribution in [-0.2, 0) is 19.2 Å². The number of carboxylic acid groups (broad SMARTS) is 1. The summed E-state index contributed by atoms with van der Waals surface area (Å²) in [5, 5.41) is 11.0. The quantitative estimate of drug-likeness (QED) is 0.726. The van der Waals surface area contributed by atoms with Crippen LogP contribution in [0.3, 0.4) is 0 Å². The molecule has 1 aromatic carbocycles. The van der Waals surface area contributed by atoms with E-state index >= 15 is 0 Å². The number of nitrogens with one attached hydrogen (secondary N) is 1. The van der Waals surface area contributed by atoms with E-state index in [1.807, 2.05) is 18.2 Å². The summed E-state index contributed by atoms with van der Waals surface area (Å²) in [6, 6.07) is 7.62. The van der Waals surface area contributed by atoms with Crippen molar-refractivity contribution in [3.8, 4) is 0 Å². The summed E-state index contributed by atoms with van der Waals surface area (Å²) in [5.74, 6) is -3.71. The van der Waals surface area contributed by atoms with Gasteiger partial charge in [0.25, 0.3) is 0 Å². The first-order valence-corrected chi connectivity index (χ1v) is 7.88. The molecule has 7 nitrogen and oxygen atoms in total. The lowest BCUT2D eigenvalue weighted by atomic mass is 10.0. The smallest absolute Gasteiger partial charge is 0.305 e. The van der Waals surface area contributed by atoms with E-state index in [2.05, 4.69) is 5.32 Å². The van der Waals surface area contributed by atoms with E-state index in [0.29, 0.717) is 13.0 Å². The van der Waals surface area contributed by atoms with Crippen LogP contribution in [0.1, 0.15) is 19.3 Å². The predicted octanol–water partition coefficient (Wildman–Crippen LogP) is 0.928. The number of anilines is 1. The molecule has 2 unspecified atom stereocenters. The van der Waals surface area contributed by atoms with Crippen molar-refractivity contribution in [3.05, 3.63) is 30.3 Å². The van der Waals surface area contributed by atoms with E-state index < -0.39 is 42.7 Å². The van der Waals surface area contributed by atoms with Crippen LogP contribution >= 0.6 is 0 Å². The van der Waals surface area contributed by atoms with Crippen LogP contribution in [0.5, 0.6) is 0 Å². The van der Waals surface area contributed by atoms with Gasteiger partial charge in [0.2, 0.25) is 11.8 Å². The van der Waals surface area contributed by atoms with E-state index in [9.17, 15) is 23.6 Å². The molecule has 2 N–H and O–H groups in total. The summed E-state index contributed by atoms with van der Waals surface area (Å²) >= 11 is 0. The number of para-hydroxylation sites is 1.